The highest BCUT2D eigenvalue weighted by Crippen LogP contribution is 2.12. The summed E-state index contributed by atoms with van der Waals surface area (Å²) in [6, 6.07) is 8.47. The summed E-state index contributed by atoms with van der Waals surface area (Å²) >= 11 is 0. The quantitative estimate of drug-likeness (QED) is 0.603. The maximum absolute atomic E-state index is 11.9. The van der Waals surface area contributed by atoms with Gasteiger partial charge < -0.3 is 15.4 Å². The van der Waals surface area contributed by atoms with E-state index in [2.05, 4.69) is 10.1 Å². The molecule has 1 aromatic rings. The number of rotatable bonds is 6. The molecule has 0 aliphatic rings. The van der Waals surface area contributed by atoms with Crippen LogP contribution in [-0.2, 0) is 19.1 Å². The summed E-state index contributed by atoms with van der Waals surface area (Å²) in [4.78, 5) is 34.2. The van der Waals surface area contributed by atoms with Crippen molar-refractivity contribution in [3.8, 4) is 0 Å². The van der Waals surface area contributed by atoms with Crippen molar-refractivity contribution in [2.75, 3.05) is 13.2 Å². The Balaban J connectivity index is 2.67. The normalized spacial score (nSPS) is 11.6. The molecular formula is C15H15F3N2O4. The van der Waals surface area contributed by atoms with Crippen LogP contribution in [0, 0.1) is 0 Å². The molecule has 130 valence electrons. The summed E-state index contributed by atoms with van der Waals surface area (Å²) in [5.74, 6) is -2.70. The molecular weight excluding hydrogens is 329 g/mol. The first-order chi connectivity index (χ1) is 11.2. The molecule has 0 bridgehead atoms. The molecule has 0 radical (unpaired) electrons. The number of hydrogen-bond acceptors (Lipinski definition) is 4. The van der Waals surface area contributed by atoms with Gasteiger partial charge in [-0.05, 0) is 11.6 Å². The van der Waals surface area contributed by atoms with Gasteiger partial charge in [-0.2, -0.15) is 13.2 Å². The molecule has 2 amide bonds. The standard InChI is InChI=1S/C15H15F3N2O4/c1-10(21)20-12(7-11-5-3-2-4-6-11)14(23)24-8-13(22)19-9-15(16,17)18/h2-7H,8-9H2,1H3,(H,19,22)(H,20,21)/b12-7+. The van der Waals surface area contributed by atoms with Crippen molar-refractivity contribution in [3.63, 3.8) is 0 Å². The molecule has 6 nitrogen and oxygen atoms in total. The zero-order valence-corrected chi connectivity index (χ0v) is 12.6. The summed E-state index contributed by atoms with van der Waals surface area (Å²) in [5.41, 5.74) is 0.344. The van der Waals surface area contributed by atoms with Crippen molar-refractivity contribution in [1.29, 1.82) is 0 Å². The molecule has 1 rings (SSSR count). The highest BCUT2D eigenvalue weighted by atomic mass is 19.4. The predicted octanol–water partition coefficient (Wildman–Crippen LogP) is 1.39. The average molecular weight is 344 g/mol. The molecule has 0 saturated heterocycles. The van der Waals surface area contributed by atoms with E-state index in [1.165, 1.54) is 13.0 Å². The minimum absolute atomic E-state index is 0.239. The molecule has 0 heterocycles. The van der Waals surface area contributed by atoms with Crippen LogP contribution < -0.4 is 10.6 Å². The van der Waals surface area contributed by atoms with Crippen LogP contribution in [0.1, 0.15) is 12.5 Å². The third-order valence-corrected chi connectivity index (χ3v) is 2.46. The number of ether oxygens (including phenoxy) is 1. The number of nitrogens with one attached hydrogen (secondary N) is 2. The fourth-order valence-corrected chi connectivity index (χ4v) is 1.51. The highest BCUT2D eigenvalue weighted by molar-refractivity contribution is 5.98. The second-order valence-corrected chi connectivity index (χ2v) is 4.62. The second kappa shape index (κ2) is 8.70. The van der Waals surface area contributed by atoms with Gasteiger partial charge in [0.05, 0.1) is 0 Å². The van der Waals surface area contributed by atoms with E-state index in [-0.39, 0.29) is 5.70 Å². The third-order valence-electron chi connectivity index (χ3n) is 2.46. The molecule has 9 heteroatoms. The van der Waals surface area contributed by atoms with Gasteiger partial charge in [0.1, 0.15) is 12.2 Å². The van der Waals surface area contributed by atoms with Crippen LogP contribution >= 0.6 is 0 Å². The van der Waals surface area contributed by atoms with E-state index in [0.29, 0.717) is 5.56 Å². The number of hydrogen-bond donors (Lipinski definition) is 2. The minimum Gasteiger partial charge on any atom is -0.451 e. The molecule has 1 aromatic carbocycles. The zero-order valence-electron chi connectivity index (χ0n) is 12.6. The van der Waals surface area contributed by atoms with E-state index in [1.807, 2.05) is 0 Å². The van der Waals surface area contributed by atoms with Gasteiger partial charge in [-0.1, -0.05) is 30.3 Å². The van der Waals surface area contributed by atoms with Crippen molar-refractivity contribution in [2.45, 2.75) is 13.1 Å². The van der Waals surface area contributed by atoms with Crippen molar-refractivity contribution >= 4 is 23.9 Å². The van der Waals surface area contributed by atoms with E-state index in [0.717, 1.165) is 0 Å². The van der Waals surface area contributed by atoms with Crippen molar-refractivity contribution < 1.29 is 32.3 Å². The number of esters is 1. The third kappa shape index (κ3) is 7.97. The maximum atomic E-state index is 11.9. The van der Waals surface area contributed by atoms with Crippen LogP contribution in [-0.4, -0.2) is 37.1 Å². The van der Waals surface area contributed by atoms with E-state index < -0.39 is 37.1 Å². The molecule has 0 aromatic heterocycles. The molecule has 24 heavy (non-hydrogen) atoms. The van der Waals surface area contributed by atoms with Gasteiger partial charge in [0.15, 0.2) is 6.61 Å². The molecule has 0 spiro atoms. The lowest BCUT2D eigenvalue weighted by Crippen LogP contribution is -2.37. The Kier molecular flexibility index (Phi) is 6.97. The van der Waals surface area contributed by atoms with Gasteiger partial charge in [-0.15, -0.1) is 0 Å². The number of alkyl halides is 3. The van der Waals surface area contributed by atoms with Gasteiger partial charge in [-0.25, -0.2) is 4.79 Å². The monoisotopic (exact) mass is 344 g/mol. The number of halogens is 3. The first-order valence-corrected chi connectivity index (χ1v) is 6.72. The topological polar surface area (TPSA) is 84.5 Å². The zero-order chi connectivity index (χ0) is 18.2. The molecule has 2 N–H and O–H groups in total. The fourth-order valence-electron chi connectivity index (χ4n) is 1.51. The molecule has 0 aliphatic heterocycles. The van der Waals surface area contributed by atoms with E-state index in [4.69, 9.17) is 0 Å². The Hall–Kier alpha value is -2.84. The van der Waals surface area contributed by atoms with Gasteiger partial charge in [0, 0.05) is 6.92 Å². The van der Waals surface area contributed by atoms with Gasteiger partial charge in [-0.3, -0.25) is 9.59 Å². The van der Waals surface area contributed by atoms with Gasteiger partial charge in [0.25, 0.3) is 5.91 Å². The Morgan fingerprint density at radius 1 is 1.17 bits per heavy atom. The Bertz CT molecular complexity index is 627. The van der Waals surface area contributed by atoms with Crippen LogP contribution in [0.25, 0.3) is 6.08 Å². The molecule has 0 aliphatic carbocycles. The molecule has 0 fully saturated rings. The molecule has 0 unspecified atom stereocenters. The lowest BCUT2D eigenvalue weighted by molar-refractivity contribution is -0.149. The van der Waals surface area contributed by atoms with Gasteiger partial charge >= 0.3 is 12.1 Å². The lowest BCUT2D eigenvalue weighted by Gasteiger charge is -2.10. The predicted molar refractivity (Wildman–Crippen MR) is 78.3 cm³/mol. The van der Waals surface area contributed by atoms with E-state index in [1.54, 1.807) is 35.6 Å². The van der Waals surface area contributed by atoms with Crippen molar-refractivity contribution in [2.24, 2.45) is 0 Å². The largest absolute Gasteiger partial charge is 0.451 e. The van der Waals surface area contributed by atoms with E-state index >= 15 is 0 Å². The number of benzene rings is 1. The van der Waals surface area contributed by atoms with E-state index in [9.17, 15) is 27.6 Å². The van der Waals surface area contributed by atoms with Crippen LogP contribution in [0.4, 0.5) is 13.2 Å². The maximum Gasteiger partial charge on any atom is 0.405 e. The fraction of sp³-hybridized carbons (Fsp3) is 0.267. The Morgan fingerprint density at radius 3 is 2.33 bits per heavy atom. The molecule has 0 saturated carbocycles. The summed E-state index contributed by atoms with van der Waals surface area (Å²) in [7, 11) is 0. The number of carbonyl (C=O) groups excluding carboxylic acids is 3. The smallest absolute Gasteiger partial charge is 0.405 e. The average Bonchev–Trinajstić information content (AvgIpc) is 2.50. The van der Waals surface area contributed by atoms with Crippen LogP contribution in [0.5, 0.6) is 0 Å². The summed E-state index contributed by atoms with van der Waals surface area (Å²) in [6.07, 6.45) is -3.24. The SMILES string of the molecule is CC(=O)N/C(=C/c1ccccc1)C(=O)OCC(=O)NCC(F)(F)F. The first kappa shape index (κ1) is 19.2. The number of amides is 2. The van der Waals surface area contributed by atoms with Crippen molar-refractivity contribution in [3.05, 3.63) is 41.6 Å². The van der Waals surface area contributed by atoms with Crippen LogP contribution in [0.2, 0.25) is 0 Å². The van der Waals surface area contributed by atoms with Crippen LogP contribution in [0.15, 0.2) is 36.0 Å². The molecule has 0 atom stereocenters. The van der Waals surface area contributed by atoms with Crippen LogP contribution in [0.3, 0.4) is 0 Å². The van der Waals surface area contributed by atoms with Gasteiger partial charge in [0.2, 0.25) is 5.91 Å². The Labute approximate surface area is 135 Å². The minimum atomic E-state index is -4.56. The highest BCUT2D eigenvalue weighted by Gasteiger charge is 2.27. The summed E-state index contributed by atoms with van der Waals surface area (Å²) in [6.45, 7) is -1.26. The summed E-state index contributed by atoms with van der Waals surface area (Å²) in [5, 5.41) is 3.80. The Morgan fingerprint density at radius 2 is 1.79 bits per heavy atom. The number of carbonyl (C=O) groups is 3. The summed E-state index contributed by atoms with van der Waals surface area (Å²) < 4.78 is 40.5. The lowest BCUT2D eigenvalue weighted by atomic mass is 10.2. The first-order valence-electron chi connectivity index (χ1n) is 6.72. The van der Waals surface area contributed by atoms with Crippen molar-refractivity contribution in [1.82, 2.24) is 10.6 Å². The second-order valence-electron chi connectivity index (χ2n) is 4.62.